The van der Waals surface area contributed by atoms with E-state index in [0.717, 1.165) is 33.0 Å². The number of aliphatic imine (C=N–C) groups is 1. The Balaban J connectivity index is 1.75. The van der Waals surface area contributed by atoms with Gasteiger partial charge in [0.2, 0.25) is 0 Å². The number of hydrogen-bond acceptors (Lipinski definition) is 3. The number of benzene rings is 3. The first-order valence-corrected chi connectivity index (χ1v) is 10.2. The van der Waals surface area contributed by atoms with Crippen molar-refractivity contribution in [3.05, 3.63) is 93.5 Å². The number of Topliss-reactive ketones (excluding diaryl/α,β-unsaturated/α-hetero) is 1. The van der Waals surface area contributed by atoms with E-state index in [2.05, 4.69) is 0 Å². The number of carbonyl (C=O) groups is 1. The Morgan fingerprint density at radius 3 is 2.41 bits per heavy atom. The number of fused-ring (bicyclic) bond motifs is 4. The van der Waals surface area contributed by atoms with Crippen LogP contribution in [0, 0.1) is 5.92 Å². The summed E-state index contributed by atoms with van der Waals surface area (Å²) in [6.07, 6.45) is 0. The minimum Gasteiger partial charge on any atom is -0.293 e. The topological polar surface area (TPSA) is 29.4 Å². The molecule has 0 saturated heterocycles. The maximum Gasteiger partial charge on any atom is 0.174 e. The zero-order valence-corrected chi connectivity index (χ0v) is 16.4. The third-order valence-electron chi connectivity index (χ3n) is 4.98. The highest BCUT2D eigenvalue weighted by molar-refractivity contribution is 7.99. The molecule has 3 aromatic rings. The number of para-hydroxylation sites is 1. The molecule has 0 radical (unpaired) electrons. The average Bonchev–Trinajstić information content (AvgIpc) is 2.85. The molecule has 0 amide bonds. The molecular weight excluding hydrogens is 397 g/mol. The van der Waals surface area contributed by atoms with E-state index in [4.69, 9.17) is 28.2 Å². The molecule has 5 rings (SSSR count). The van der Waals surface area contributed by atoms with E-state index < -0.39 is 0 Å². The van der Waals surface area contributed by atoms with Crippen molar-refractivity contribution in [2.75, 3.05) is 0 Å². The van der Waals surface area contributed by atoms with E-state index >= 15 is 0 Å². The lowest BCUT2D eigenvalue weighted by molar-refractivity contribution is 0.0960. The highest BCUT2D eigenvalue weighted by Gasteiger charge is 2.44. The van der Waals surface area contributed by atoms with Crippen molar-refractivity contribution in [2.45, 2.75) is 10.1 Å². The number of rotatable bonds is 1. The molecule has 2 nitrogen and oxygen atoms in total. The Hall–Kier alpha value is -2.07. The van der Waals surface area contributed by atoms with Gasteiger partial charge in [0.15, 0.2) is 5.78 Å². The van der Waals surface area contributed by atoms with E-state index in [0.29, 0.717) is 10.0 Å². The fourth-order valence-corrected chi connectivity index (χ4v) is 5.37. The summed E-state index contributed by atoms with van der Waals surface area (Å²) in [5, 5.41) is 0.880. The first kappa shape index (κ1) is 17.1. The summed E-state index contributed by atoms with van der Waals surface area (Å²) in [5.74, 6) is -0.238. The molecule has 2 aliphatic rings. The van der Waals surface area contributed by atoms with Gasteiger partial charge in [0.25, 0.3) is 0 Å². The Morgan fingerprint density at radius 1 is 0.852 bits per heavy atom. The predicted octanol–water partition coefficient (Wildman–Crippen LogP) is 6.77. The second-order valence-electron chi connectivity index (χ2n) is 6.56. The molecule has 2 atom stereocenters. The number of halogens is 2. The summed E-state index contributed by atoms with van der Waals surface area (Å²) in [5.41, 5.74) is 4.38. The van der Waals surface area contributed by atoms with E-state index in [1.165, 1.54) is 0 Å². The van der Waals surface area contributed by atoms with Crippen LogP contribution in [0.4, 0.5) is 5.69 Å². The van der Waals surface area contributed by atoms with Gasteiger partial charge in [0.1, 0.15) is 0 Å². The third kappa shape index (κ3) is 2.73. The Bertz CT molecular complexity index is 1120. The Morgan fingerprint density at radius 2 is 1.59 bits per heavy atom. The molecule has 27 heavy (non-hydrogen) atoms. The predicted molar refractivity (Wildman–Crippen MR) is 112 cm³/mol. The van der Waals surface area contributed by atoms with Gasteiger partial charge in [-0.05, 0) is 29.8 Å². The van der Waals surface area contributed by atoms with Crippen LogP contribution in [-0.4, -0.2) is 11.5 Å². The molecule has 0 aromatic heterocycles. The zero-order chi connectivity index (χ0) is 18.5. The minimum atomic E-state index is -0.350. The fourth-order valence-electron chi connectivity index (χ4n) is 3.72. The van der Waals surface area contributed by atoms with E-state index in [-0.39, 0.29) is 17.0 Å². The van der Waals surface area contributed by atoms with Gasteiger partial charge in [0.05, 0.1) is 32.6 Å². The Kier molecular flexibility index (Phi) is 4.12. The van der Waals surface area contributed by atoms with Crippen molar-refractivity contribution in [1.29, 1.82) is 0 Å². The van der Waals surface area contributed by atoms with Crippen LogP contribution in [0.5, 0.6) is 0 Å². The van der Waals surface area contributed by atoms with Crippen LogP contribution < -0.4 is 0 Å². The van der Waals surface area contributed by atoms with Crippen molar-refractivity contribution in [2.24, 2.45) is 10.9 Å². The quantitative estimate of drug-likeness (QED) is 0.443. The summed E-state index contributed by atoms with van der Waals surface area (Å²) in [7, 11) is 0. The Labute approximate surface area is 171 Å². The molecular formula is C22H13Cl2NOS. The molecule has 0 bridgehead atoms. The zero-order valence-electron chi connectivity index (χ0n) is 14.0. The van der Waals surface area contributed by atoms with Crippen LogP contribution in [0.25, 0.3) is 0 Å². The molecule has 0 fully saturated rings. The van der Waals surface area contributed by atoms with Crippen molar-refractivity contribution in [3.63, 3.8) is 0 Å². The standard InChI is InChI=1S/C22H13Cl2NOS/c23-15-10-9-12(11-16(15)24)22-19-20(13-5-1-2-6-14(13)21(19)26)25-17-7-3-4-8-18(17)27-22/h1-11,19,22H/t19-,22-/m1/s1. The SMILES string of the molecule is O=C1c2ccccc2C2=Nc3ccccc3S[C@H](c3ccc(Cl)c(Cl)c3)[C@@H]12. The maximum absolute atomic E-state index is 13.3. The van der Waals surface area contributed by atoms with Crippen LogP contribution >= 0.6 is 35.0 Å². The summed E-state index contributed by atoms with van der Waals surface area (Å²) in [4.78, 5) is 19.3. The van der Waals surface area contributed by atoms with E-state index in [1.807, 2.05) is 60.7 Å². The number of carbonyl (C=O) groups excluding carboxylic acids is 1. The third-order valence-corrected chi connectivity index (χ3v) is 7.12. The molecule has 132 valence electrons. The van der Waals surface area contributed by atoms with Crippen molar-refractivity contribution >= 4 is 52.1 Å². The van der Waals surface area contributed by atoms with Crippen LogP contribution in [0.1, 0.15) is 26.7 Å². The molecule has 5 heteroatoms. The molecule has 0 spiro atoms. The van der Waals surface area contributed by atoms with Crippen molar-refractivity contribution in [3.8, 4) is 0 Å². The molecule has 0 saturated carbocycles. The first-order valence-electron chi connectivity index (χ1n) is 8.56. The first-order chi connectivity index (χ1) is 13.1. The van der Waals surface area contributed by atoms with Crippen LogP contribution in [0.15, 0.2) is 76.6 Å². The number of nitrogens with zero attached hydrogens (tertiary/aromatic N) is 1. The van der Waals surface area contributed by atoms with Gasteiger partial charge in [-0.1, -0.05) is 65.7 Å². The lowest BCUT2D eigenvalue weighted by atomic mass is 9.93. The largest absolute Gasteiger partial charge is 0.293 e. The highest BCUT2D eigenvalue weighted by Crippen LogP contribution is 2.51. The number of thioether (sulfide) groups is 1. The lowest BCUT2D eigenvalue weighted by Crippen LogP contribution is -2.22. The highest BCUT2D eigenvalue weighted by atomic mass is 35.5. The van der Waals surface area contributed by atoms with Gasteiger partial charge in [-0.3, -0.25) is 9.79 Å². The van der Waals surface area contributed by atoms with Crippen molar-refractivity contribution in [1.82, 2.24) is 0 Å². The number of hydrogen-bond donors (Lipinski definition) is 0. The fraction of sp³-hybridized carbons (Fsp3) is 0.0909. The van der Waals surface area contributed by atoms with Crippen molar-refractivity contribution < 1.29 is 4.79 Å². The molecule has 0 N–H and O–H groups in total. The van der Waals surface area contributed by atoms with Gasteiger partial charge in [0, 0.05) is 16.0 Å². The van der Waals surface area contributed by atoms with Gasteiger partial charge in [-0.15, -0.1) is 11.8 Å². The van der Waals surface area contributed by atoms with Crippen LogP contribution in [-0.2, 0) is 0 Å². The summed E-state index contributed by atoms with van der Waals surface area (Å²) >= 11 is 14.1. The normalized spacial score (nSPS) is 20.4. The van der Waals surface area contributed by atoms with E-state index in [9.17, 15) is 4.79 Å². The summed E-state index contributed by atoms with van der Waals surface area (Å²) < 4.78 is 0. The second kappa shape index (κ2) is 6.52. The average molecular weight is 410 g/mol. The van der Waals surface area contributed by atoms with Gasteiger partial charge in [-0.2, -0.15) is 0 Å². The summed E-state index contributed by atoms with van der Waals surface area (Å²) in [6.45, 7) is 0. The van der Waals surface area contributed by atoms with Gasteiger partial charge in [-0.25, -0.2) is 0 Å². The molecule has 1 aliphatic heterocycles. The molecule has 1 aliphatic carbocycles. The lowest BCUT2D eigenvalue weighted by Gasteiger charge is -2.22. The van der Waals surface area contributed by atoms with E-state index in [1.54, 1.807) is 17.8 Å². The van der Waals surface area contributed by atoms with Crippen LogP contribution in [0.3, 0.4) is 0 Å². The maximum atomic E-state index is 13.3. The second-order valence-corrected chi connectivity index (χ2v) is 8.56. The molecule has 1 heterocycles. The minimum absolute atomic E-state index is 0.112. The monoisotopic (exact) mass is 409 g/mol. The smallest absolute Gasteiger partial charge is 0.174 e. The van der Waals surface area contributed by atoms with Crippen LogP contribution in [0.2, 0.25) is 10.0 Å². The molecule has 0 unspecified atom stereocenters. The molecule has 3 aromatic carbocycles. The summed E-state index contributed by atoms with van der Waals surface area (Å²) in [6, 6.07) is 21.3. The number of ketones is 1. The van der Waals surface area contributed by atoms with Gasteiger partial charge >= 0.3 is 0 Å². The van der Waals surface area contributed by atoms with Gasteiger partial charge < -0.3 is 0 Å².